The first-order valence-electron chi connectivity index (χ1n) is 8.16. The van der Waals surface area contributed by atoms with Crippen LogP contribution in [0.1, 0.15) is 38.5 Å². The fraction of sp³-hybridized carbons (Fsp3) is 1.00. The van der Waals surface area contributed by atoms with Gasteiger partial charge in [-0.3, -0.25) is 9.80 Å². The Morgan fingerprint density at radius 1 is 0.842 bits per heavy atom. The SMILES string of the molecule is NC1CCCCCC1N1CCC(N2CCOCC2)C1. The van der Waals surface area contributed by atoms with Crippen molar-refractivity contribution < 1.29 is 4.74 Å². The van der Waals surface area contributed by atoms with E-state index in [1.165, 1.54) is 51.6 Å². The number of hydrogen-bond donors (Lipinski definition) is 1. The number of nitrogens with zero attached hydrogens (tertiary/aromatic N) is 2. The summed E-state index contributed by atoms with van der Waals surface area (Å²) >= 11 is 0. The van der Waals surface area contributed by atoms with E-state index in [0.29, 0.717) is 12.1 Å². The lowest BCUT2D eigenvalue weighted by Gasteiger charge is -2.34. The molecule has 3 atom stereocenters. The van der Waals surface area contributed by atoms with E-state index in [1.807, 2.05) is 0 Å². The standard InChI is InChI=1S/C15H29N3O/c16-14-4-2-1-3-5-15(14)18-7-6-13(12-18)17-8-10-19-11-9-17/h13-15H,1-12,16H2. The smallest absolute Gasteiger partial charge is 0.0594 e. The molecule has 1 aliphatic carbocycles. The molecule has 4 nitrogen and oxygen atoms in total. The van der Waals surface area contributed by atoms with Gasteiger partial charge in [-0.15, -0.1) is 0 Å². The first-order chi connectivity index (χ1) is 9.34. The Morgan fingerprint density at radius 2 is 1.63 bits per heavy atom. The number of hydrogen-bond acceptors (Lipinski definition) is 4. The molecular formula is C15H29N3O. The summed E-state index contributed by atoms with van der Waals surface area (Å²) in [4.78, 5) is 5.32. The first-order valence-corrected chi connectivity index (χ1v) is 8.16. The maximum Gasteiger partial charge on any atom is 0.0594 e. The Hall–Kier alpha value is -0.160. The minimum Gasteiger partial charge on any atom is -0.379 e. The van der Waals surface area contributed by atoms with Gasteiger partial charge in [0.1, 0.15) is 0 Å². The number of rotatable bonds is 2. The summed E-state index contributed by atoms with van der Waals surface area (Å²) in [6.07, 6.45) is 7.95. The van der Waals surface area contributed by atoms with Crippen molar-refractivity contribution in [1.82, 2.24) is 9.80 Å². The van der Waals surface area contributed by atoms with E-state index in [0.717, 1.165) is 32.3 Å². The first kappa shape index (κ1) is 13.8. The second-order valence-corrected chi connectivity index (χ2v) is 6.45. The van der Waals surface area contributed by atoms with Gasteiger partial charge < -0.3 is 10.5 Å². The zero-order chi connectivity index (χ0) is 13.1. The van der Waals surface area contributed by atoms with Crippen LogP contribution < -0.4 is 5.73 Å². The Bertz CT molecular complexity index is 281. The van der Waals surface area contributed by atoms with E-state index in [2.05, 4.69) is 9.80 Å². The highest BCUT2D eigenvalue weighted by atomic mass is 16.5. The molecule has 3 fully saturated rings. The van der Waals surface area contributed by atoms with Crippen LogP contribution in [0.5, 0.6) is 0 Å². The van der Waals surface area contributed by atoms with Crippen molar-refractivity contribution in [2.24, 2.45) is 5.73 Å². The summed E-state index contributed by atoms with van der Waals surface area (Å²) in [5, 5.41) is 0. The van der Waals surface area contributed by atoms with Gasteiger partial charge in [-0.1, -0.05) is 19.3 Å². The van der Waals surface area contributed by atoms with E-state index in [-0.39, 0.29) is 0 Å². The van der Waals surface area contributed by atoms with E-state index >= 15 is 0 Å². The topological polar surface area (TPSA) is 41.7 Å². The van der Waals surface area contributed by atoms with Crippen LogP contribution in [0.25, 0.3) is 0 Å². The summed E-state index contributed by atoms with van der Waals surface area (Å²) in [6, 6.07) is 1.80. The predicted molar refractivity (Wildman–Crippen MR) is 77.2 cm³/mol. The van der Waals surface area contributed by atoms with Crippen LogP contribution in [0.15, 0.2) is 0 Å². The lowest BCUT2D eigenvalue weighted by atomic mass is 10.0. The largest absolute Gasteiger partial charge is 0.379 e. The van der Waals surface area contributed by atoms with E-state index in [4.69, 9.17) is 10.5 Å². The third kappa shape index (κ3) is 3.30. The molecule has 3 rings (SSSR count). The van der Waals surface area contributed by atoms with Crippen molar-refractivity contribution in [2.45, 2.75) is 56.7 Å². The van der Waals surface area contributed by atoms with Crippen molar-refractivity contribution in [3.63, 3.8) is 0 Å². The second kappa shape index (κ2) is 6.53. The Labute approximate surface area is 117 Å². The van der Waals surface area contributed by atoms with Gasteiger partial charge in [-0.05, 0) is 19.3 Å². The maximum atomic E-state index is 6.41. The average molecular weight is 267 g/mol. The Morgan fingerprint density at radius 3 is 2.47 bits per heavy atom. The molecule has 1 saturated carbocycles. The summed E-state index contributed by atoms with van der Waals surface area (Å²) < 4.78 is 5.46. The number of likely N-dealkylation sites (tertiary alicyclic amines) is 1. The van der Waals surface area contributed by atoms with Crippen LogP contribution in [0.4, 0.5) is 0 Å². The molecular weight excluding hydrogens is 238 g/mol. The molecule has 0 radical (unpaired) electrons. The van der Waals surface area contributed by atoms with Crippen molar-refractivity contribution in [2.75, 3.05) is 39.4 Å². The zero-order valence-corrected chi connectivity index (χ0v) is 12.1. The normalized spacial score (nSPS) is 39.3. The van der Waals surface area contributed by atoms with Gasteiger partial charge >= 0.3 is 0 Å². The third-order valence-electron chi connectivity index (χ3n) is 5.26. The Balaban J connectivity index is 1.55. The minimum absolute atomic E-state index is 0.408. The van der Waals surface area contributed by atoms with Gasteiger partial charge in [-0.2, -0.15) is 0 Å². The lowest BCUT2D eigenvalue weighted by molar-refractivity contribution is 0.0172. The quantitative estimate of drug-likeness (QED) is 0.760. The van der Waals surface area contributed by atoms with Gasteiger partial charge in [0.25, 0.3) is 0 Å². The summed E-state index contributed by atoms with van der Waals surface area (Å²) in [7, 11) is 0. The van der Waals surface area contributed by atoms with Crippen molar-refractivity contribution in [1.29, 1.82) is 0 Å². The highest BCUT2D eigenvalue weighted by Gasteiger charge is 2.34. The van der Waals surface area contributed by atoms with E-state index in [9.17, 15) is 0 Å². The van der Waals surface area contributed by atoms with E-state index < -0.39 is 0 Å². The van der Waals surface area contributed by atoms with Crippen LogP contribution in [-0.2, 0) is 4.74 Å². The predicted octanol–water partition coefficient (Wildman–Crippen LogP) is 1.05. The van der Waals surface area contributed by atoms with Crippen LogP contribution in [0.3, 0.4) is 0 Å². The molecule has 19 heavy (non-hydrogen) atoms. The van der Waals surface area contributed by atoms with Crippen LogP contribution in [-0.4, -0.2) is 67.3 Å². The van der Waals surface area contributed by atoms with Gasteiger partial charge in [0.05, 0.1) is 13.2 Å². The zero-order valence-electron chi connectivity index (χ0n) is 12.1. The summed E-state index contributed by atoms with van der Waals surface area (Å²) in [5.41, 5.74) is 6.41. The van der Waals surface area contributed by atoms with Gasteiger partial charge in [0, 0.05) is 44.3 Å². The van der Waals surface area contributed by atoms with Crippen molar-refractivity contribution in [3.05, 3.63) is 0 Å². The molecule has 0 aromatic rings. The fourth-order valence-corrected chi connectivity index (χ4v) is 4.08. The molecule has 3 unspecified atom stereocenters. The van der Waals surface area contributed by atoms with Crippen LogP contribution in [0, 0.1) is 0 Å². The molecule has 2 aliphatic heterocycles. The van der Waals surface area contributed by atoms with Crippen LogP contribution >= 0.6 is 0 Å². The van der Waals surface area contributed by atoms with Gasteiger partial charge in [0.15, 0.2) is 0 Å². The third-order valence-corrected chi connectivity index (χ3v) is 5.26. The van der Waals surface area contributed by atoms with Gasteiger partial charge in [-0.25, -0.2) is 0 Å². The van der Waals surface area contributed by atoms with E-state index in [1.54, 1.807) is 0 Å². The average Bonchev–Trinajstić information content (AvgIpc) is 2.83. The molecule has 2 saturated heterocycles. The number of morpholine rings is 1. The summed E-state index contributed by atoms with van der Waals surface area (Å²) in [5.74, 6) is 0. The summed E-state index contributed by atoms with van der Waals surface area (Å²) in [6.45, 7) is 6.56. The van der Waals surface area contributed by atoms with Crippen molar-refractivity contribution >= 4 is 0 Å². The molecule has 2 N–H and O–H groups in total. The lowest BCUT2D eigenvalue weighted by Crippen LogP contribution is -2.49. The number of nitrogens with two attached hydrogens (primary N) is 1. The maximum absolute atomic E-state index is 6.41. The highest BCUT2D eigenvalue weighted by Crippen LogP contribution is 2.26. The minimum atomic E-state index is 0.408. The molecule has 4 heteroatoms. The molecule has 0 bridgehead atoms. The van der Waals surface area contributed by atoms with Crippen LogP contribution in [0.2, 0.25) is 0 Å². The van der Waals surface area contributed by atoms with Gasteiger partial charge in [0.2, 0.25) is 0 Å². The monoisotopic (exact) mass is 267 g/mol. The second-order valence-electron chi connectivity index (χ2n) is 6.45. The molecule has 3 aliphatic rings. The Kier molecular flexibility index (Phi) is 4.74. The van der Waals surface area contributed by atoms with Crippen molar-refractivity contribution in [3.8, 4) is 0 Å². The molecule has 2 heterocycles. The fourth-order valence-electron chi connectivity index (χ4n) is 4.08. The molecule has 110 valence electrons. The highest BCUT2D eigenvalue weighted by molar-refractivity contribution is 4.92. The number of ether oxygens (including phenoxy) is 1. The molecule has 0 aromatic carbocycles. The molecule has 0 spiro atoms. The molecule has 0 amide bonds. The molecule has 0 aromatic heterocycles.